The lowest BCUT2D eigenvalue weighted by Crippen LogP contribution is -2.10. The van der Waals surface area contributed by atoms with Gasteiger partial charge >= 0.3 is 0 Å². The van der Waals surface area contributed by atoms with E-state index in [4.69, 9.17) is 0 Å². The third-order valence-corrected chi connectivity index (χ3v) is 3.46. The summed E-state index contributed by atoms with van der Waals surface area (Å²) in [6.07, 6.45) is 5.07. The smallest absolute Gasteiger partial charge is 0.110 e. The number of rotatable bonds is 2. The average Bonchev–Trinajstić information content (AvgIpc) is 2.56. The fourth-order valence-electron chi connectivity index (χ4n) is 2.17. The molecule has 78 valence electrons. The van der Waals surface area contributed by atoms with Gasteiger partial charge in [0, 0.05) is 5.92 Å². The minimum absolute atomic E-state index is 0.697. The maximum Gasteiger partial charge on any atom is 0.110 e. The van der Waals surface area contributed by atoms with Crippen LogP contribution in [0.1, 0.15) is 43.5 Å². The van der Waals surface area contributed by atoms with Crippen LogP contribution in [0.15, 0.2) is 18.2 Å². The van der Waals surface area contributed by atoms with Crippen molar-refractivity contribution in [3.8, 4) is 0 Å². The molecule has 2 nitrogen and oxygen atoms in total. The monoisotopic (exact) mass is 200 g/mol. The van der Waals surface area contributed by atoms with Crippen molar-refractivity contribution < 1.29 is 0 Å². The quantitative estimate of drug-likeness (QED) is 0.790. The molecule has 0 spiro atoms. The predicted molar refractivity (Wildman–Crippen MR) is 62.1 cm³/mol. The number of benzene rings is 1. The molecule has 0 unspecified atom stereocenters. The van der Waals surface area contributed by atoms with E-state index in [1.807, 2.05) is 0 Å². The third kappa shape index (κ3) is 1.44. The SMILES string of the molecule is CCc1ccc2nc(C3CCC3)[nH]c2c1. The molecule has 1 aliphatic carbocycles. The van der Waals surface area contributed by atoms with Gasteiger partial charge in [-0.2, -0.15) is 0 Å². The molecule has 1 heterocycles. The number of imidazole rings is 1. The number of aryl methyl sites for hydroxylation is 1. The van der Waals surface area contributed by atoms with Crippen LogP contribution in [0.3, 0.4) is 0 Å². The second kappa shape index (κ2) is 3.37. The summed E-state index contributed by atoms with van der Waals surface area (Å²) >= 11 is 0. The Balaban J connectivity index is 2.04. The Morgan fingerprint density at radius 2 is 2.27 bits per heavy atom. The predicted octanol–water partition coefficient (Wildman–Crippen LogP) is 3.39. The van der Waals surface area contributed by atoms with Gasteiger partial charge in [-0.3, -0.25) is 0 Å². The Hall–Kier alpha value is -1.31. The molecular weight excluding hydrogens is 184 g/mol. The molecule has 1 N–H and O–H groups in total. The van der Waals surface area contributed by atoms with Gasteiger partial charge in [-0.15, -0.1) is 0 Å². The molecule has 1 aromatic carbocycles. The van der Waals surface area contributed by atoms with Crippen LogP contribution in [0.4, 0.5) is 0 Å². The minimum Gasteiger partial charge on any atom is -0.342 e. The van der Waals surface area contributed by atoms with Gasteiger partial charge in [0.15, 0.2) is 0 Å². The van der Waals surface area contributed by atoms with Crippen LogP contribution < -0.4 is 0 Å². The first-order valence-electron chi connectivity index (χ1n) is 5.85. The van der Waals surface area contributed by atoms with Crippen LogP contribution in [-0.2, 0) is 6.42 Å². The van der Waals surface area contributed by atoms with E-state index < -0.39 is 0 Å². The summed E-state index contributed by atoms with van der Waals surface area (Å²) in [7, 11) is 0. The Bertz CT molecular complexity index is 480. The molecule has 0 atom stereocenters. The van der Waals surface area contributed by atoms with E-state index in [-0.39, 0.29) is 0 Å². The maximum absolute atomic E-state index is 4.65. The number of aromatic nitrogens is 2. The lowest BCUT2D eigenvalue weighted by atomic mass is 9.85. The number of hydrogen-bond donors (Lipinski definition) is 1. The van der Waals surface area contributed by atoms with Gasteiger partial charge in [-0.1, -0.05) is 19.4 Å². The molecule has 2 heteroatoms. The number of fused-ring (bicyclic) bond motifs is 1. The van der Waals surface area contributed by atoms with Gasteiger partial charge in [0.05, 0.1) is 11.0 Å². The molecule has 1 aliphatic rings. The summed E-state index contributed by atoms with van der Waals surface area (Å²) in [4.78, 5) is 8.12. The first-order valence-corrected chi connectivity index (χ1v) is 5.85. The number of aromatic amines is 1. The third-order valence-electron chi connectivity index (χ3n) is 3.46. The van der Waals surface area contributed by atoms with Gasteiger partial charge in [-0.25, -0.2) is 4.98 Å². The highest BCUT2D eigenvalue weighted by atomic mass is 14.9. The average molecular weight is 200 g/mol. The molecule has 0 aliphatic heterocycles. The first kappa shape index (κ1) is 8.96. The van der Waals surface area contributed by atoms with Crippen molar-refractivity contribution >= 4 is 11.0 Å². The summed E-state index contributed by atoms with van der Waals surface area (Å²) < 4.78 is 0. The van der Waals surface area contributed by atoms with Crippen molar-refractivity contribution in [2.45, 2.75) is 38.5 Å². The molecule has 0 saturated heterocycles. The van der Waals surface area contributed by atoms with Gasteiger partial charge in [-0.05, 0) is 37.0 Å². The van der Waals surface area contributed by atoms with Crippen molar-refractivity contribution in [2.24, 2.45) is 0 Å². The molecule has 0 radical (unpaired) electrons. The first-order chi connectivity index (χ1) is 7.36. The summed E-state index contributed by atoms with van der Waals surface area (Å²) in [6, 6.07) is 6.53. The van der Waals surface area contributed by atoms with E-state index in [0.717, 1.165) is 11.9 Å². The van der Waals surface area contributed by atoms with Crippen LogP contribution in [0, 0.1) is 0 Å². The van der Waals surface area contributed by atoms with Gasteiger partial charge in [0.25, 0.3) is 0 Å². The van der Waals surface area contributed by atoms with E-state index >= 15 is 0 Å². The fourth-order valence-corrected chi connectivity index (χ4v) is 2.17. The molecular formula is C13H16N2. The zero-order valence-corrected chi connectivity index (χ0v) is 9.09. The van der Waals surface area contributed by atoms with Crippen molar-refractivity contribution in [1.82, 2.24) is 9.97 Å². The molecule has 0 bridgehead atoms. The van der Waals surface area contributed by atoms with Crippen molar-refractivity contribution in [1.29, 1.82) is 0 Å². The van der Waals surface area contributed by atoms with E-state index in [1.165, 1.54) is 36.2 Å². The molecule has 3 rings (SSSR count). The second-order valence-electron chi connectivity index (χ2n) is 4.45. The normalized spacial score (nSPS) is 16.9. The highest BCUT2D eigenvalue weighted by Gasteiger charge is 2.22. The van der Waals surface area contributed by atoms with E-state index in [2.05, 4.69) is 35.1 Å². The molecule has 1 saturated carbocycles. The number of hydrogen-bond acceptors (Lipinski definition) is 1. The van der Waals surface area contributed by atoms with Crippen molar-refractivity contribution in [3.63, 3.8) is 0 Å². The molecule has 1 aromatic heterocycles. The zero-order chi connectivity index (χ0) is 10.3. The highest BCUT2D eigenvalue weighted by molar-refractivity contribution is 5.76. The van der Waals surface area contributed by atoms with Gasteiger partial charge in [0.2, 0.25) is 0 Å². The summed E-state index contributed by atoms with van der Waals surface area (Å²) in [5, 5.41) is 0. The van der Waals surface area contributed by atoms with E-state index in [9.17, 15) is 0 Å². The molecule has 2 aromatic rings. The Morgan fingerprint density at radius 3 is 2.93 bits per heavy atom. The topological polar surface area (TPSA) is 28.7 Å². The Kier molecular flexibility index (Phi) is 2.01. The zero-order valence-electron chi connectivity index (χ0n) is 9.09. The van der Waals surface area contributed by atoms with Crippen LogP contribution in [0.5, 0.6) is 0 Å². The highest BCUT2D eigenvalue weighted by Crippen LogP contribution is 2.35. The van der Waals surface area contributed by atoms with Crippen molar-refractivity contribution in [2.75, 3.05) is 0 Å². The maximum atomic E-state index is 4.65. The van der Waals surface area contributed by atoms with Gasteiger partial charge < -0.3 is 4.98 Å². The molecule has 1 fully saturated rings. The van der Waals surface area contributed by atoms with Crippen LogP contribution >= 0.6 is 0 Å². The lowest BCUT2D eigenvalue weighted by molar-refractivity contribution is 0.405. The minimum atomic E-state index is 0.697. The lowest BCUT2D eigenvalue weighted by Gasteiger charge is -2.22. The summed E-state index contributed by atoms with van der Waals surface area (Å²) in [6.45, 7) is 2.18. The van der Waals surface area contributed by atoms with Gasteiger partial charge in [0.1, 0.15) is 5.82 Å². The van der Waals surface area contributed by atoms with Crippen LogP contribution in [0.25, 0.3) is 11.0 Å². The number of nitrogens with one attached hydrogen (secondary N) is 1. The standard InChI is InChI=1S/C13H16N2/c1-2-9-6-7-11-12(8-9)15-13(14-11)10-4-3-5-10/h6-8,10H,2-5H2,1H3,(H,14,15). The largest absolute Gasteiger partial charge is 0.342 e. The Morgan fingerprint density at radius 1 is 1.40 bits per heavy atom. The second-order valence-corrected chi connectivity index (χ2v) is 4.45. The van der Waals surface area contributed by atoms with Crippen LogP contribution in [0.2, 0.25) is 0 Å². The van der Waals surface area contributed by atoms with Crippen LogP contribution in [-0.4, -0.2) is 9.97 Å². The van der Waals surface area contributed by atoms with E-state index in [0.29, 0.717) is 5.92 Å². The summed E-state index contributed by atoms with van der Waals surface area (Å²) in [5.74, 6) is 1.90. The van der Waals surface area contributed by atoms with Crippen molar-refractivity contribution in [3.05, 3.63) is 29.6 Å². The Labute approximate surface area is 89.7 Å². The number of H-pyrrole nitrogens is 1. The molecule has 0 amide bonds. The van der Waals surface area contributed by atoms with E-state index in [1.54, 1.807) is 0 Å². The number of nitrogens with zero attached hydrogens (tertiary/aromatic N) is 1. The fraction of sp³-hybridized carbons (Fsp3) is 0.462. The summed E-state index contributed by atoms with van der Waals surface area (Å²) in [5.41, 5.74) is 3.71. The molecule has 15 heavy (non-hydrogen) atoms.